The molecule has 0 saturated heterocycles. The van der Waals surface area contributed by atoms with E-state index in [1.807, 2.05) is 12.1 Å². The molecule has 0 atom stereocenters. The van der Waals surface area contributed by atoms with E-state index in [9.17, 15) is 4.79 Å². The highest BCUT2D eigenvalue weighted by Gasteiger charge is 2.19. The van der Waals surface area contributed by atoms with Crippen LogP contribution in [0.3, 0.4) is 0 Å². The zero-order chi connectivity index (χ0) is 13.9. The van der Waals surface area contributed by atoms with Crippen molar-refractivity contribution < 1.29 is 4.79 Å². The fourth-order valence-electron chi connectivity index (χ4n) is 1.75. The molecule has 0 bridgehead atoms. The summed E-state index contributed by atoms with van der Waals surface area (Å²) in [6.07, 6.45) is 0. The van der Waals surface area contributed by atoms with Crippen molar-refractivity contribution in [2.45, 2.75) is 26.8 Å². The van der Waals surface area contributed by atoms with Crippen LogP contribution in [0.4, 0.5) is 16.3 Å². The van der Waals surface area contributed by atoms with E-state index in [0.717, 1.165) is 22.7 Å². The molecule has 1 heterocycles. The first kappa shape index (κ1) is 15.7. The van der Waals surface area contributed by atoms with Crippen LogP contribution in [0, 0.1) is 0 Å². The van der Waals surface area contributed by atoms with Gasteiger partial charge in [0.1, 0.15) is 4.60 Å². The van der Waals surface area contributed by atoms with Crippen LogP contribution < -0.4 is 9.80 Å². The third kappa shape index (κ3) is 3.57. The Kier molecular flexibility index (Phi) is 5.84. The summed E-state index contributed by atoms with van der Waals surface area (Å²) < 4.78 is 0.743. The maximum Gasteiger partial charge on any atom is 0.287 e. The number of rotatable bonds is 4. The van der Waals surface area contributed by atoms with E-state index in [4.69, 9.17) is 0 Å². The van der Waals surface area contributed by atoms with Crippen molar-refractivity contribution in [3.05, 3.63) is 16.7 Å². The fraction of sp³-hybridized carbons (Fsp3) is 0.500. The molecule has 0 aliphatic heterocycles. The maximum absolute atomic E-state index is 11.5. The molecule has 1 aromatic heterocycles. The van der Waals surface area contributed by atoms with Crippen molar-refractivity contribution in [2.75, 3.05) is 23.4 Å². The summed E-state index contributed by atoms with van der Waals surface area (Å²) in [7, 11) is 1.76. The third-order valence-corrected chi connectivity index (χ3v) is 3.85. The number of amides is 1. The molecule has 0 radical (unpaired) electrons. The van der Waals surface area contributed by atoms with Gasteiger partial charge in [-0.15, -0.1) is 0 Å². The number of halogens is 2. The predicted octanol–water partition coefficient (Wildman–Crippen LogP) is 4.07. The topological polar surface area (TPSA) is 36.4 Å². The number of nitrogens with zero attached hydrogens (tertiary/aromatic N) is 3. The molecular formula is C12H17BrIN3O. The summed E-state index contributed by atoms with van der Waals surface area (Å²) in [5, 5.41) is 0. The summed E-state index contributed by atoms with van der Waals surface area (Å²) in [4.78, 5) is 19.8. The zero-order valence-electron chi connectivity index (χ0n) is 10.9. The average Bonchev–Trinajstić information content (AvgIpc) is 2.28. The second-order valence-electron chi connectivity index (χ2n) is 4.17. The molecule has 6 heteroatoms. The number of pyridine rings is 1. The summed E-state index contributed by atoms with van der Waals surface area (Å²) in [5.41, 5.74) is 0.827. The lowest BCUT2D eigenvalue weighted by atomic mass is 10.2. The van der Waals surface area contributed by atoms with E-state index in [0.29, 0.717) is 6.04 Å². The summed E-state index contributed by atoms with van der Waals surface area (Å²) in [6, 6.07) is 4.09. The van der Waals surface area contributed by atoms with Crippen LogP contribution in [0.15, 0.2) is 16.7 Å². The predicted molar refractivity (Wildman–Crippen MR) is 87.9 cm³/mol. The fourth-order valence-corrected chi connectivity index (χ4v) is 2.31. The van der Waals surface area contributed by atoms with Crippen LogP contribution in [-0.2, 0) is 0 Å². The Balaban J connectivity index is 3.30. The van der Waals surface area contributed by atoms with E-state index in [1.54, 1.807) is 34.5 Å². The quantitative estimate of drug-likeness (QED) is 0.315. The summed E-state index contributed by atoms with van der Waals surface area (Å²) in [6.45, 7) is 7.15. The lowest BCUT2D eigenvalue weighted by Crippen LogP contribution is -2.33. The van der Waals surface area contributed by atoms with Crippen molar-refractivity contribution in [3.8, 4) is 0 Å². The molecule has 0 fully saturated rings. The Morgan fingerprint density at radius 1 is 1.50 bits per heavy atom. The molecule has 0 aromatic carbocycles. The van der Waals surface area contributed by atoms with E-state index >= 15 is 0 Å². The van der Waals surface area contributed by atoms with Crippen LogP contribution in [0.2, 0.25) is 0 Å². The second-order valence-corrected chi connectivity index (χ2v) is 5.90. The molecule has 0 aliphatic carbocycles. The molecule has 1 rings (SSSR count). The van der Waals surface area contributed by atoms with Crippen LogP contribution in [0.5, 0.6) is 0 Å². The Labute approximate surface area is 130 Å². The van der Waals surface area contributed by atoms with Gasteiger partial charge in [-0.1, -0.05) is 0 Å². The van der Waals surface area contributed by atoms with Crippen molar-refractivity contribution in [3.63, 3.8) is 0 Å². The first-order valence-corrected chi connectivity index (χ1v) is 7.62. The van der Waals surface area contributed by atoms with E-state index in [1.165, 1.54) is 0 Å². The lowest BCUT2D eigenvalue weighted by molar-refractivity contribution is 0.268. The number of hydrogen-bond donors (Lipinski definition) is 0. The van der Waals surface area contributed by atoms with E-state index in [2.05, 4.69) is 46.6 Å². The number of carbonyl (C=O) groups excluding carboxylic acids is 1. The molecule has 1 aromatic rings. The molecule has 0 spiro atoms. The minimum Gasteiger partial charge on any atom is -0.353 e. The average molecular weight is 426 g/mol. The Bertz CT molecular complexity index is 439. The van der Waals surface area contributed by atoms with Crippen molar-refractivity contribution in [1.29, 1.82) is 0 Å². The Morgan fingerprint density at radius 3 is 2.56 bits per heavy atom. The normalized spacial score (nSPS) is 10.6. The van der Waals surface area contributed by atoms with Gasteiger partial charge in [-0.3, -0.25) is 4.79 Å². The minimum absolute atomic E-state index is 0.0298. The van der Waals surface area contributed by atoms with Gasteiger partial charge in [0.25, 0.3) is 3.91 Å². The molecule has 4 nitrogen and oxygen atoms in total. The highest BCUT2D eigenvalue weighted by molar-refractivity contribution is 14.1. The van der Waals surface area contributed by atoms with Gasteiger partial charge < -0.3 is 9.80 Å². The van der Waals surface area contributed by atoms with Gasteiger partial charge in [0.05, 0.1) is 5.69 Å². The Morgan fingerprint density at radius 2 is 2.11 bits per heavy atom. The molecule has 0 saturated carbocycles. The third-order valence-electron chi connectivity index (χ3n) is 2.68. The van der Waals surface area contributed by atoms with Gasteiger partial charge in [0.15, 0.2) is 5.82 Å². The van der Waals surface area contributed by atoms with Crippen molar-refractivity contribution in [2.24, 2.45) is 0 Å². The van der Waals surface area contributed by atoms with Gasteiger partial charge >= 0.3 is 0 Å². The molecule has 0 aliphatic rings. The van der Waals surface area contributed by atoms with Crippen LogP contribution in [-0.4, -0.2) is 28.5 Å². The standard InChI is InChI=1S/C12H17BrIN3O/c1-5-17(8(2)3)11-9(16(4)12(14)18)6-7-10(13)15-11/h6-8H,5H2,1-4H3. The van der Waals surface area contributed by atoms with Gasteiger partial charge in [-0.2, -0.15) is 0 Å². The second kappa shape index (κ2) is 6.70. The Hall–Kier alpha value is -0.370. The van der Waals surface area contributed by atoms with E-state index in [-0.39, 0.29) is 3.91 Å². The first-order chi connectivity index (χ1) is 8.38. The number of hydrogen-bond acceptors (Lipinski definition) is 3. The molecule has 1 amide bonds. The highest BCUT2D eigenvalue weighted by Crippen LogP contribution is 2.30. The maximum atomic E-state index is 11.5. The SMILES string of the molecule is CCN(c1nc(Br)ccc1N(C)C(=O)I)C(C)C. The first-order valence-electron chi connectivity index (χ1n) is 5.74. The van der Waals surface area contributed by atoms with Crippen LogP contribution in [0.25, 0.3) is 0 Å². The van der Waals surface area contributed by atoms with Crippen molar-refractivity contribution >= 4 is 53.9 Å². The van der Waals surface area contributed by atoms with Crippen molar-refractivity contribution in [1.82, 2.24) is 4.98 Å². The number of anilines is 2. The van der Waals surface area contributed by atoms with E-state index < -0.39 is 0 Å². The van der Waals surface area contributed by atoms with Gasteiger partial charge in [0.2, 0.25) is 0 Å². The molecule has 0 unspecified atom stereocenters. The zero-order valence-corrected chi connectivity index (χ0v) is 14.7. The molecular weight excluding hydrogens is 409 g/mol. The highest BCUT2D eigenvalue weighted by atomic mass is 127. The minimum atomic E-state index is -0.0298. The number of aromatic nitrogens is 1. The summed E-state index contributed by atoms with van der Waals surface area (Å²) >= 11 is 5.17. The monoisotopic (exact) mass is 425 g/mol. The lowest BCUT2D eigenvalue weighted by Gasteiger charge is -2.30. The molecule has 100 valence electrons. The summed E-state index contributed by atoms with van der Waals surface area (Å²) in [5.74, 6) is 0.828. The smallest absolute Gasteiger partial charge is 0.287 e. The van der Waals surface area contributed by atoms with Gasteiger partial charge in [-0.25, -0.2) is 4.98 Å². The molecule has 18 heavy (non-hydrogen) atoms. The van der Waals surface area contributed by atoms with Crippen LogP contribution >= 0.6 is 38.5 Å². The van der Waals surface area contributed by atoms with Gasteiger partial charge in [0, 0.05) is 42.2 Å². The van der Waals surface area contributed by atoms with Gasteiger partial charge in [-0.05, 0) is 48.8 Å². The largest absolute Gasteiger partial charge is 0.353 e. The molecule has 0 N–H and O–H groups in total. The van der Waals surface area contributed by atoms with Crippen LogP contribution in [0.1, 0.15) is 20.8 Å². The number of carbonyl (C=O) groups is 1.